The molecule has 0 amide bonds. The highest BCUT2D eigenvalue weighted by Crippen LogP contribution is 2.47. The fourth-order valence-corrected chi connectivity index (χ4v) is 8.24. The van der Waals surface area contributed by atoms with Gasteiger partial charge in [-0.1, -0.05) is 71.6 Å². The lowest BCUT2D eigenvalue weighted by atomic mass is 9.77. The van der Waals surface area contributed by atoms with E-state index in [9.17, 15) is 0 Å². The van der Waals surface area contributed by atoms with Crippen LogP contribution in [0.1, 0.15) is 40.5 Å². The topological polar surface area (TPSA) is 7.12 Å². The first-order valence-corrected chi connectivity index (χ1v) is 14.5. The molecule has 2 atom stereocenters. The second-order valence-corrected chi connectivity index (χ2v) is 12.6. The Labute approximate surface area is 223 Å². The van der Waals surface area contributed by atoms with Gasteiger partial charge in [0.05, 0.1) is 10.7 Å². The number of rotatable bonds is 4. The summed E-state index contributed by atoms with van der Waals surface area (Å²) >= 11 is 3.87. The van der Waals surface area contributed by atoms with Gasteiger partial charge in [-0.15, -0.1) is 0 Å². The number of aromatic nitrogens is 1. The van der Waals surface area contributed by atoms with Crippen LogP contribution in [0.15, 0.2) is 94.4 Å². The average Bonchev–Trinajstić information content (AvgIpc) is 3.34. The van der Waals surface area contributed by atoms with E-state index in [1.165, 1.54) is 59.5 Å². The lowest BCUT2D eigenvalue weighted by molar-refractivity contribution is -0.648. The van der Waals surface area contributed by atoms with Crippen molar-refractivity contribution in [3.8, 4) is 0 Å². The Morgan fingerprint density at radius 2 is 1.78 bits per heavy atom. The SMILES string of the molecule is Cc1ccc2c(c1)S/C(=C\C1=CC(Cc3sc4cc(C)ccc4[n+]3C)CC(c3ccccc3)C1)N2C. The average molecular weight is 510 g/mol. The number of thiazole rings is 1. The van der Waals surface area contributed by atoms with E-state index in [1.807, 2.05) is 23.1 Å². The standard InChI is InChI=1S/C32H33N2S2/c1-21-10-12-27-29(14-21)35-31(33(27)3)19-23-16-24(18-26(17-23)25-8-6-5-7-9-25)20-32-34(4)28-13-11-22(2)15-30(28)36-32/h5-16,19,24,26H,17-18,20H2,1-4H3/q+1/b31-19-. The molecule has 0 N–H and O–H groups in total. The molecule has 4 heteroatoms. The number of hydrogen-bond acceptors (Lipinski definition) is 3. The second-order valence-electron chi connectivity index (χ2n) is 10.4. The van der Waals surface area contributed by atoms with E-state index in [1.54, 1.807) is 0 Å². The number of thioether (sulfide) groups is 1. The molecule has 1 aromatic heterocycles. The number of nitrogens with zero attached hydrogens (tertiary/aromatic N) is 2. The van der Waals surface area contributed by atoms with Crippen LogP contribution in [0.2, 0.25) is 0 Å². The van der Waals surface area contributed by atoms with Crippen molar-refractivity contribution in [1.82, 2.24) is 0 Å². The van der Waals surface area contributed by atoms with Crippen LogP contribution in [0.5, 0.6) is 0 Å². The molecule has 182 valence electrons. The Hall–Kier alpha value is -2.82. The number of fused-ring (bicyclic) bond motifs is 2. The number of anilines is 1. The summed E-state index contributed by atoms with van der Waals surface area (Å²) in [6, 6.07) is 24.7. The van der Waals surface area contributed by atoms with Crippen LogP contribution in [0, 0.1) is 19.8 Å². The minimum absolute atomic E-state index is 0.525. The van der Waals surface area contributed by atoms with Gasteiger partial charge in [-0.2, -0.15) is 4.57 Å². The van der Waals surface area contributed by atoms with E-state index in [4.69, 9.17) is 0 Å². The Morgan fingerprint density at radius 3 is 2.61 bits per heavy atom. The largest absolute Gasteiger partial charge is 0.338 e. The molecular formula is C32H33N2S2+. The summed E-state index contributed by atoms with van der Waals surface area (Å²) in [6.07, 6.45) is 8.42. The van der Waals surface area contributed by atoms with Crippen molar-refractivity contribution in [2.45, 2.75) is 43.9 Å². The molecule has 0 spiro atoms. The summed E-state index contributed by atoms with van der Waals surface area (Å²) in [6.45, 7) is 4.36. The van der Waals surface area contributed by atoms with Gasteiger partial charge in [-0.3, -0.25) is 0 Å². The zero-order valence-electron chi connectivity index (χ0n) is 21.5. The van der Waals surface area contributed by atoms with Gasteiger partial charge >= 0.3 is 0 Å². The summed E-state index contributed by atoms with van der Waals surface area (Å²) in [5, 5.41) is 2.80. The van der Waals surface area contributed by atoms with Crippen LogP contribution in [0.4, 0.5) is 5.69 Å². The van der Waals surface area contributed by atoms with Gasteiger partial charge < -0.3 is 4.90 Å². The Kier molecular flexibility index (Phi) is 6.27. The lowest BCUT2D eigenvalue weighted by Crippen LogP contribution is -2.32. The quantitative estimate of drug-likeness (QED) is 0.257. The van der Waals surface area contributed by atoms with Crippen molar-refractivity contribution in [3.05, 3.63) is 111 Å². The molecule has 0 fully saturated rings. The van der Waals surface area contributed by atoms with Crippen LogP contribution < -0.4 is 9.47 Å². The summed E-state index contributed by atoms with van der Waals surface area (Å²) in [4.78, 5) is 3.72. The summed E-state index contributed by atoms with van der Waals surface area (Å²) in [7, 11) is 4.44. The molecule has 0 bridgehead atoms. The smallest absolute Gasteiger partial charge is 0.238 e. The molecule has 2 nitrogen and oxygen atoms in total. The third-order valence-electron chi connectivity index (χ3n) is 7.64. The van der Waals surface area contributed by atoms with E-state index in [0.717, 1.165) is 12.8 Å². The molecule has 0 radical (unpaired) electrons. The van der Waals surface area contributed by atoms with Gasteiger partial charge in [-0.25, -0.2) is 0 Å². The maximum absolute atomic E-state index is 2.57. The van der Waals surface area contributed by atoms with Gasteiger partial charge in [0.1, 0.15) is 11.7 Å². The van der Waals surface area contributed by atoms with E-state index in [2.05, 4.69) is 116 Å². The Bertz CT molecular complexity index is 1500. The highest BCUT2D eigenvalue weighted by molar-refractivity contribution is 8.03. The summed E-state index contributed by atoms with van der Waals surface area (Å²) < 4.78 is 3.81. The predicted molar refractivity (Wildman–Crippen MR) is 155 cm³/mol. The van der Waals surface area contributed by atoms with E-state index in [-0.39, 0.29) is 0 Å². The minimum atomic E-state index is 0.525. The first-order chi connectivity index (χ1) is 17.4. The second kappa shape index (κ2) is 9.57. The van der Waals surface area contributed by atoms with Crippen molar-refractivity contribution < 1.29 is 4.57 Å². The van der Waals surface area contributed by atoms with Crippen molar-refractivity contribution in [1.29, 1.82) is 0 Å². The molecule has 3 aromatic carbocycles. The molecule has 1 aliphatic carbocycles. The van der Waals surface area contributed by atoms with Crippen LogP contribution in [-0.4, -0.2) is 7.05 Å². The maximum Gasteiger partial charge on any atom is 0.238 e. The molecule has 0 saturated heterocycles. The fourth-order valence-electron chi connectivity index (χ4n) is 5.68. The number of hydrogen-bond donors (Lipinski definition) is 0. The first kappa shape index (κ1) is 23.6. The third-order valence-corrected chi connectivity index (χ3v) is 10.0. The van der Waals surface area contributed by atoms with Crippen LogP contribution in [0.25, 0.3) is 10.2 Å². The molecule has 2 heterocycles. The number of allylic oxidation sites excluding steroid dienone is 3. The molecule has 2 aliphatic rings. The van der Waals surface area contributed by atoms with Gasteiger partial charge in [0.25, 0.3) is 0 Å². The predicted octanol–water partition coefficient (Wildman–Crippen LogP) is 8.09. The zero-order valence-corrected chi connectivity index (χ0v) is 23.1. The van der Waals surface area contributed by atoms with Crippen molar-refractivity contribution in [2.24, 2.45) is 13.0 Å². The number of benzene rings is 3. The minimum Gasteiger partial charge on any atom is -0.338 e. The monoisotopic (exact) mass is 509 g/mol. The molecule has 6 rings (SSSR count). The Morgan fingerprint density at radius 1 is 1.00 bits per heavy atom. The van der Waals surface area contributed by atoms with Crippen LogP contribution in [0.3, 0.4) is 0 Å². The van der Waals surface area contributed by atoms with Crippen LogP contribution >= 0.6 is 23.1 Å². The van der Waals surface area contributed by atoms with E-state index in [0.29, 0.717) is 11.8 Å². The van der Waals surface area contributed by atoms with E-state index < -0.39 is 0 Å². The van der Waals surface area contributed by atoms with E-state index >= 15 is 0 Å². The highest BCUT2D eigenvalue weighted by Gasteiger charge is 2.29. The normalized spacial score (nSPS) is 20.7. The molecular weight excluding hydrogens is 477 g/mol. The lowest BCUT2D eigenvalue weighted by Gasteiger charge is -2.28. The molecule has 1 aliphatic heterocycles. The first-order valence-electron chi connectivity index (χ1n) is 12.8. The summed E-state index contributed by atoms with van der Waals surface area (Å²) in [5.74, 6) is 1.08. The van der Waals surface area contributed by atoms with Gasteiger partial charge in [0.15, 0.2) is 0 Å². The van der Waals surface area contributed by atoms with Crippen molar-refractivity contribution >= 4 is 39.0 Å². The summed E-state index contributed by atoms with van der Waals surface area (Å²) in [5.41, 5.74) is 8.26. The zero-order chi connectivity index (χ0) is 24.8. The van der Waals surface area contributed by atoms with Crippen molar-refractivity contribution in [3.63, 3.8) is 0 Å². The van der Waals surface area contributed by atoms with Crippen molar-refractivity contribution in [2.75, 3.05) is 11.9 Å². The Balaban J connectivity index is 1.33. The van der Waals surface area contributed by atoms with Gasteiger partial charge in [0, 0.05) is 24.4 Å². The molecule has 4 aromatic rings. The van der Waals surface area contributed by atoms with Gasteiger partial charge in [-0.05, 0) is 85.1 Å². The molecule has 0 saturated carbocycles. The molecule has 2 unspecified atom stereocenters. The maximum atomic E-state index is 2.57. The fraction of sp³-hybridized carbons (Fsp3) is 0.281. The van der Waals surface area contributed by atoms with Crippen LogP contribution in [-0.2, 0) is 13.5 Å². The molecule has 36 heavy (non-hydrogen) atoms. The number of aryl methyl sites for hydroxylation is 3. The van der Waals surface area contributed by atoms with Gasteiger partial charge in [0.2, 0.25) is 10.5 Å². The highest BCUT2D eigenvalue weighted by atomic mass is 32.2. The third kappa shape index (κ3) is 4.53.